The molecule has 0 aliphatic heterocycles. The quantitative estimate of drug-likeness (QED) is 0.677. The second-order valence-corrected chi connectivity index (χ2v) is 4.59. The molecular weight excluding hydrogens is 202 g/mol. The normalized spacial score (nSPS) is 16.8. The summed E-state index contributed by atoms with van der Waals surface area (Å²) < 4.78 is 5.11. The smallest absolute Gasteiger partial charge is 0.116 e. The van der Waals surface area contributed by atoms with Gasteiger partial charge in [0.2, 0.25) is 0 Å². The number of likely N-dealkylation sites (N-methyl/N-ethyl adjacent to an activating group) is 1. The van der Waals surface area contributed by atoms with E-state index in [1.807, 2.05) is 14.0 Å². The predicted octanol–water partition coefficient (Wildman–Crippen LogP) is 1.23. The number of nitriles is 1. The van der Waals surface area contributed by atoms with E-state index >= 15 is 0 Å². The molecule has 0 aromatic carbocycles. The van der Waals surface area contributed by atoms with E-state index in [-0.39, 0.29) is 0 Å². The van der Waals surface area contributed by atoms with Gasteiger partial charge in [-0.2, -0.15) is 5.26 Å². The van der Waals surface area contributed by atoms with E-state index in [0.717, 1.165) is 13.0 Å². The lowest BCUT2D eigenvalue weighted by Gasteiger charge is -2.32. The average Bonchev–Trinajstić information content (AvgIpc) is 2.26. The molecule has 0 aliphatic rings. The average molecular weight is 227 g/mol. The number of methoxy groups -OCH3 is 1. The highest BCUT2D eigenvalue weighted by atomic mass is 16.5. The fraction of sp³-hybridized carbons (Fsp3) is 0.917. The van der Waals surface area contributed by atoms with E-state index in [2.05, 4.69) is 30.1 Å². The van der Waals surface area contributed by atoms with Crippen molar-refractivity contribution in [2.75, 3.05) is 33.9 Å². The molecule has 4 nitrogen and oxygen atoms in total. The molecule has 0 rings (SSSR count). The Morgan fingerprint density at radius 2 is 2.19 bits per heavy atom. The maximum Gasteiger partial charge on any atom is 0.116 e. The second-order valence-electron chi connectivity index (χ2n) is 4.59. The van der Waals surface area contributed by atoms with Gasteiger partial charge in [0.25, 0.3) is 0 Å². The highest BCUT2D eigenvalue weighted by Gasteiger charge is 2.26. The van der Waals surface area contributed by atoms with Gasteiger partial charge >= 0.3 is 0 Å². The van der Waals surface area contributed by atoms with Gasteiger partial charge in [-0.25, -0.2) is 0 Å². The number of nitrogens with zero attached hydrogens (tertiary/aromatic N) is 2. The Morgan fingerprint density at radius 1 is 1.56 bits per heavy atom. The van der Waals surface area contributed by atoms with Gasteiger partial charge < -0.3 is 4.74 Å². The SMILES string of the molecule is CCCNC(C)(C#N)CN(C)C(C)COC. The van der Waals surface area contributed by atoms with Gasteiger partial charge in [0.1, 0.15) is 5.54 Å². The third-order valence-corrected chi connectivity index (χ3v) is 2.74. The molecule has 4 heteroatoms. The van der Waals surface area contributed by atoms with Crippen molar-refractivity contribution >= 4 is 0 Å². The summed E-state index contributed by atoms with van der Waals surface area (Å²) in [5.74, 6) is 0. The summed E-state index contributed by atoms with van der Waals surface area (Å²) in [5.41, 5.74) is -0.479. The van der Waals surface area contributed by atoms with E-state index in [0.29, 0.717) is 19.2 Å². The first kappa shape index (κ1) is 15.4. The van der Waals surface area contributed by atoms with Crippen molar-refractivity contribution in [3.8, 4) is 6.07 Å². The van der Waals surface area contributed by atoms with Crippen molar-refractivity contribution in [1.29, 1.82) is 5.26 Å². The summed E-state index contributed by atoms with van der Waals surface area (Å²) >= 11 is 0. The Hall–Kier alpha value is -0.630. The van der Waals surface area contributed by atoms with Crippen LogP contribution in [0.1, 0.15) is 27.2 Å². The van der Waals surface area contributed by atoms with Gasteiger partial charge in [-0.05, 0) is 33.9 Å². The van der Waals surface area contributed by atoms with Crippen molar-refractivity contribution in [2.45, 2.75) is 38.8 Å². The first-order valence-corrected chi connectivity index (χ1v) is 5.84. The molecule has 0 saturated carbocycles. The molecule has 0 bridgehead atoms. The van der Waals surface area contributed by atoms with E-state index in [1.165, 1.54) is 0 Å². The lowest BCUT2D eigenvalue weighted by Crippen LogP contribution is -2.52. The number of hydrogen-bond acceptors (Lipinski definition) is 4. The third kappa shape index (κ3) is 5.45. The topological polar surface area (TPSA) is 48.3 Å². The Kier molecular flexibility index (Phi) is 7.31. The monoisotopic (exact) mass is 227 g/mol. The molecule has 0 aromatic heterocycles. The molecule has 1 N–H and O–H groups in total. The number of nitrogens with one attached hydrogen (secondary N) is 1. The van der Waals surface area contributed by atoms with Gasteiger partial charge in [-0.1, -0.05) is 6.92 Å². The van der Waals surface area contributed by atoms with Crippen LogP contribution in [0.15, 0.2) is 0 Å². The maximum atomic E-state index is 9.20. The molecule has 0 amide bonds. The highest BCUT2D eigenvalue weighted by molar-refractivity contribution is 5.05. The zero-order valence-corrected chi connectivity index (χ0v) is 11.2. The van der Waals surface area contributed by atoms with Crippen molar-refractivity contribution in [1.82, 2.24) is 10.2 Å². The minimum atomic E-state index is -0.479. The standard InChI is InChI=1S/C12H25N3O/c1-6-7-14-12(3,9-13)10-15(4)11(2)8-16-5/h11,14H,6-8,10H2,1-5H3. The summed E-state index contributed by atoms with van der Waals surface area (Å²) in [6.07, 6.45) is 1.04. The Balaban J connectivity index is 4.25. The first-order chi connectivity index (χ1) is 7.49. The van der Waals surface area contributed by atoms with Crippen LogP contribution in [0.2, 0.25) is 0 Å². The van der Waals surface area contributed by atoms with Crippen molar-refractivity contribution in [3.05, 3.63) is 0 Å². The lowest BCUT2D eigenvalue weighted by molar-refractivity contribution is 0.104. The zero-order chi connectivity index (χ0) is 12.6. The van der Waals surface area contributed by atoms with Crippen LogP contribution in [0.3, 0.4) is 0 Å². The van der Waals surface area contributed by atoms with Crippen LogP contribution in [0.4, 0.5) is 0 Å². The predicted molar refractivity (Wildman–Crippen MR) is 66.3 cm³/mol. The van der Waals surface area contributed by atoms with Crippen molar-refractivity contribution in [2.24, 2.45) is 0 Å². The van der Waals surface area contributed by atoms with Crippen LogP contribution >= 0.6 is 0 Å². The summed E-state index contributed by atoms with van der Waals surface area (Å²) in [6.45, 7) is 8.40. The Bertz CT molecular complexity index is 227. The molecule has 0 heterocycles. The molecule has 0 aliphatic carbocycles. The van der Waals surface area contributed by atoms with E-state index < -0.39 is 5.54 Å². The third-order valence-electron chi connectivity index (χ3n) is 2.74. The minimum absolute atomic E-state index is 0.320. The number of ether oxygens (including phenoxy) is 1. The van der Waals surface area contributed by atoms with Crippen molar-refractivity contribution < 1.29 is 4.74 Å². The molecule has 94 valence electrons. The van der Waals surface area contributed by atoms with Crippen LogP contribution in [-0.2, 0) is 4.74 Å². The summed E-state index contributed by atoms with van der Waals surface area (Å²) in [4.78, 5) is 2.15. The minimum Gasteiger partial charge on any atom is -0.383 e. The summed E-state index contributed by atoms with van der Waals surface area (Å²) in [7, 11) is 3.72. The first-order valence-electron chi connectivity index (χ1n) is 5.84. The molecule has 2 atom stereocenters. The highest BCUT2D eigenvalue weighted by Crippen LogP contribution is 2.07. The molecule has 16 heavy (non-hydrogen) atoms. The molecule has 0 saturated heterocycles. The largest absolute Gasteiger partial charge is 0.383 e. The second kappa shape index (κ2) is 7.61. The molecule has 0 radical (unpaired) electrons. The zero-order valence-electron chi connectivity index (χ0n) is 11.2. The van der Waals surface area contributed by atoms with Crippen LogP contribution < -0.4 is 5.32 Å². The van der Waals surface area contributed by atoms with Gasteiger partial charge in [0, 0.05) is 19.7 Å². The molecule has 2 unspecified atom stereocenters. The van der Waals surface area contributed by atoms with Crippen LogP contribution in [0.25, 0.3) is 0 Å². The lowest BCUT2D eigenvalue weighted by atomic mass is 10.0. The molecular formula is C12H25N3O. The van der Waals surface area contributed by atoms with E-state index in [4.69, 9.17) is 4.74 Å². The maximum absolute atomic E-state index is 9.20. The van der Waals surface area contributed by atoms with Crippen LogP contribution in [-0.4, -0.2) is 50.3 Å². The van der Waals surface area contributed by atoms with Gasteiger partial charge in [0.05, 0.1) is 12.7 Å². The fourth-order valence-electron chi connectivity index (χ4n) is 1.55. The van der Waals surface area contributed by atoms with Gasteiger partial charge in [-0.15, -0.1) is 0 Å². The van der Waals surface area contributed by atoms with Crippen LogP contribution in [0.5, 0.6) is 0 Å². The molecule has 0 fully saturated rings. The van der Waals surface area contributed by atoms with E-state index in [1.54, 1.807) is 7.11 Å². The summed E-state index contributed by atoms with van der Waals surface area (Å²) in [5, 5.41) is 12.5. The van der Waals surface area contributed by atoms with Crippen molar-refractivity contribution in [3.63, 3.8) is 0 Å². The Labute approximate surface area is 99.6 Å². The number of hydrogen-bond donors (Lipinski definition) is 1. The molecule has 0 spiro atoms. The fourth-order valence-corrected chi connectivity index (χ4v) is 1.55. The van der Waals surface area contributed by atoms with Gasteiger partial charge in [-0.3, -0.25) is 10.2 Å². The number of rotatable bonds is 8. The van der Waals surface area contributed by atoms with Gasteiger partial charge in [0.15, 0.2) is 0 Å². The summed E-state index contributed by atoms with van der Waals surface area (Å²) in [6, 6.07) is 2.67. The van der Waals surface area contributed by atoms with E-state index in [9.17, 15) is 5.26 Å². The Morgan fingerprint density at radius 3 is 2.62 bits per heavy atom. The molecule has 0 aromatic rings. The van der Waals surface area contributed by atoms with Crippen LogP contribution in [0, 0.1) is 11.3 Å².